The molecule has 0 aromatic carbocycles. The molecule has 17 heavy (non-hydrogen) atoms. The summed E-state index contributed by atoms with van der Waals surface area (Å²) in [4.78, 5) is 13.8. The fraction of sp³-hybridized carbons (Fsp3) is 0.750. The van der Waals surface area contributed by atoms with Crippen molar-refractivity contribution < 1.29 is 0 Å². The van der Waals surface area contributed by atoms with Crippen LogP contribution < -0.4 is 15.5 Å². The van der Waals surface area contributed by atoms with Gasteiger partial charge in [0.05, 0.1) is 0 Å². The van der Waals surface area contributed by atoms with Crippen molar-refractivity contribution in [2.75, 3.05) is 13.1 Å². The molecule has 0 bridgehead atoms. The van der Waals surface area contributed by atoms with E-state index in [1.807, 2.05) is 5.38 Å². The lowest BCUT2D eigenvalue weighted by Gasteiger charge is -2.29. The lowest BCUT2D eigenvalue weighted by molar-refractivity contribution is 0.288. The van der Waals surface area contributed by atoms with Crippen molar-refractivity contribution in [1.82, 2.24) is 15.6 Å². The lowest BCUT2D eigenvalue weighted by atomic mass is 9.90. The van der Waals surface area contributed by atoms with E-state index in [0.29, 0.717) is 6.04 Å². The van der Waals surface area contributed by atoms with Gasteiger partial charge in [-0.15, -0.1) is 0 Å². The largest absolute Gasteiger partial charge is 0.315 e. The summed E-state index contributed by atoms with van der Waals surface area (Å²) in [7, 11) is 0. The smallest absolute Gasteiger partial charge is 0.304 e. The van der Waals surface area contributed by atoms with Crippen LogP contribution in [0.3, 0.4) is 0 Å². The Balaban J connectivity index is 1.69. The first-order chi connectivity index (χ1) is 8.28. The SMILES string of the molecule is CCC1CCNC(CNCc2csc(=O)[nH]2)C1. The van der Waals surface area contributed by atoms with E-state index in [2.05, 4.69) is 22.5 Å². The van der Waals surface area contributed by atoms with Crippen molar-refractivity contribution in [3.63, 3.8) is 0 Å². The van der Waals surface area contributed by atoms with Gasteiger partial charge in [-0.25, -0.2) is 0 Å². The maximum atomic E-state index is 11.0. The highest BCUT2D eigenvalue weighted by atomic mass is 32.1. The number of thiazole rings is 1. The van der Waals surface area contributed by atoms with Crippen molar-refractivity contribution in [2.45, 2.75) is 38.8 Å². The lowest BCUT2D eigenvalue weighted by Crippen LogP contribution is -2.44. The number of H-pyrrole nitrogens is 1. The predicted molar refractivity (Wildman–Crippen MR) is 71.5 cm³/mol. The molecule has 96 valence electrons. The van der Waals surface area contributed by atoms with E-state index >= 15 is 0 Å². The molecule has 2 unspecified atom stereocenters. The molecule has 0 amide bonds. The van der Waals surface area contributed by atoms with E-state index in [9.17, 15) is 4.79 Å². The maximum absolute atomic E-state index is 11.0. The van der Waals surface area contributed by atoms with Gasteiger partial charge in [0.1, 0.15) is 0 Å². The summed E-state index contributed by atoms with van der Waals surface area (Å²) in [5.74, 6) is 0.879. The third-order valence-electron chi connectivity index (χ3n) is 3.46. The minimum atomic E-state index is 0.0311. The van der Waals surface area contributed by atoms with Gasteiger partial charge in [-0.05, 0) is 25.3 Å². The van der Waals surface area contributed by atoms with Crippen molar-refractivity contribution in [3.8, 4) is 0 Å². The zero-order chi connectivity index (χ0) is 12.1. The van der Waals surface area contributed by atoms with Gasteiger partial charge >= 0.3 is 4.87 Å². The first-order valence-corrected chi connectivity index (χ1v) is 7.26. The Hall–Kier alpha value is -0.650. The minimum Gasteiger partial charge on any atom is -0.315 e. The molecular formula is C12H21N3OS. The number of piperidine rings is 1. The average molecular weight is 255 g/mol. The molecule has 0 spiro atoms. The Labute approximate surface area is 106 Å². The standard InChI is InChI=1S/C12H21N3OS/c1-2-9-3-4-14-10(5-9)6-13-7-11-8-17-12(16)15-11/h8-10,13-14H,2-7H2,1H3,(H,15,16). The summed E-state index contributed by atoms with van der Waals surface area (Å²) in [5, 5.41) is 8.83. The Morgan fingerprint density at radius 1 is 1.59 bits per heavy atom. The van der Waals surface area contributed by atoms with Crippen LogP contribution in [-0.2, 0) is 6.54 Å². The number of aromatic amines is 1. The Kier molecular flexibility index (Phi) is 4.76. The normalized spacial score (nSPS) is 25.0. The van der Waals surface area contributed by atoms with Crippen molar-refractivity contribution in [2.24, 2.45) is 5.92 Å². The fourth-order valence-electron chi connectivity index (χ4n) is 2.40. The van der Waals surface area contributed by atoms with Gasteiger partial charge in [0.15, 0.2) is 0 Å². The molecule has 4 nitrogen and oxygen atoms in total. The molecule has 2 atom stereocenters. The number of rotatable bonds is 5. The van der Waals surface area contributed by atoms with Crippen LogP contribution in [0.25, 0.3) is 0 Å². The molecule has 2 rings (SSSR count). The molecule has 0 aliphatic carbocycles. The third kappa shape index (κ3) is 3.94. The summed E-state index contributed by atoms with van der Waals surface area (Å²) < 4.78 is 0. The van der Waals surface area contributed by atoms with Crippen LogP contribution in [0, 0.1) is 5.92 Å². The monoisotopic (exact) mass is 255 g/mol. The van der Waals surface area contributed by atoms with Crippen LogP contribution in [-0.4, -0.2) is 24.1 Å². The molecule has 3 N–H and O–H groups in total. The van der Waals surface area contributed by atoms with E-state index in [1.54, 1.807) is 0 Å². The summed E-state index contributed by atoms with van der Waals surface area (Å²) in [6.45, 7) is 5.15. The van der Waals surface area contributed by atoms with Gasteiger partial charge in [-0.3, -0.25) is 4.79 Å². The van der Waals surface area contributed by atoms with Gasteiger partial charge < -0.3 is 15.6 Å². The van der Waals surface area contributed by atoms with E-state index < -0.39 is 0 Å². The van der Waals surface area contributed by atoms with Gasteiger partial charge in [0, 0.05) is 30.2 Å². The Bertz CT molecular complexity index is 387. The topological polar surface area (TPSA) is 56.9 Å². The zero-order valence-electron chi connectivity index (χ0n) is 10.3. The zero-order valence-corrected chi connectivity index (χ0v) is 11.1. The molecule has 0 radical (unpaired) electrons. The molecule has 1 aromatic rings. The van der Waals surface area contributed by atoms with E-state index in [-0.39, 0.29) is 4.87 Å². The van der Waals surface area contributed by atoms with Crippen LogP contribution in [0.15, 0.2) is 10.2 Å². The van der Waals surface area contributed by atoms with Crippen LogP contribution >= 0.6 is 11.3 Å². The molecule has 0 saturated carbocycles. The summed E-state index contributed by atoms with van der Waals surface area (Å²) in [6.07, 6.45) is 3.87. The number of nitrogens with one attached hydrogen (secondary N) is 3. The molecule has 1 aliphatic heterocycles. The summed E-state index contributed by atoms with van der Waals surface area (Å²) in [5.41, 5.74) is 0.989. The molecular weight excluding hydrogens is 234 g/mol. The van der Waals surface area contributed by atoms with Crippen LogP contribution in [0.2, 0.25) is 0 Å². The van der Waals surface area contributed by atoms with Gasteiger partial charge in [-0.2, -0.15) is 0 Å². The van der Waals surface area contributed by atoms with Gasteiger partial charge in [0.25, 0.3) is 0 Å². The Morgan fingerprint density at radius 3 is 3.18 bits per heavy atom. The average Bonchev–Trinajstić information content (AvgIpc) is 2.75. The van der Waals surface area contributed by atoms with Crippen LogP contribution in [0.4, 0.5) is 0 Å². The summed E-state index contributed by atoms with van der Waals surface area (Å²) in [6, 6.07) is 0.582. The maximum Gasteiger partial charge on any atom is 0.304 e. The second-order valence-corrected chi connectivity index (χ2v) is 5.60. The molecule has 2 heterocycles. The predicted octanol–water partition coefficient (Wildman–Crippen LogP) is 1.30. The van der Waals surface area contributed by atoms with E-state index in [4.69, 9.17) is 0 Å². The first kappa shape index (κ1) is 12.8. The molecule has 1 aliphatic rings. The minimum absolute atomic E-state index is 0.0311. The van der Waals surface area contributed by atoms with E-state index in [0.717, 1.165) is 31.2 Å². The molecule has 1 saturated heterocycles. The molecule has 1 aromatic heterocycles. The van der Waals surface area contributed by atoms with Crippen LogP contribution in [0.5, 0.6) is 0 Å². The number of aromatic nitrogens is 1. The van der Waals surface area contributed by atoms with Crippen LogP contribution in [0.1, 0.15) is 31.9 Å². The van der Waals surface area contributed by atoms with Crippen molar-refractivity contribution >= 4 is 11.3 Å². The highest BCUT2D eigenvalue weighted by Gasteiger charge is 2.19. The van der Waals surface area contributed by atoms with Crippen molar-refractivity contribution in [1.29, 1.82) is 0 Å². The van der Waals surface area contributed by atoms with E-state index in [1.165, 1.54) is 30.6 Å². The molecule has 1 fully saturated rings. The highest BCUT2D eigenvalue weighted by Crippen LogP contribution is 2.18. The second kappa shape index (κ2) is 6.33. The highest BCUT2D eigenvalue weighted by molar-refractivity contribution is 7.07. The number of hydrogen-bond acceptors (Lipinski definition) is 4. The second-order valence-electron chi connectivity index (χ2n) is 4.75. The fourth-order valence-corrected chi connectivity index (χ4v) is 2.98. The first-order valence-electron chi connectivity index (χ1n) is 6.38. The summed E-state index contributed by atoms with van der Waals surface area (Å²) >= 11 is 1.23. The third-order valence-corrected chi connectivity index (χ3v) is 4.18. The number of hydrogen-bond donors (Lipinski definition) is 3. The Morgan fingerprint density at radius 2 is 2.47 bits per heavy atom. The molecule has 5 heteroatoms. The van der Waals surface area contributed by atoms with Gasteiger partial charge in [0.2, 0.25) is 0 Å². The van der Waals surface area contributed by atoms with Gasteiger partial charge in [-0.1, -0.05) is 24.7 Å². The van der Waals surface area contributed by atoms with Crippen molar-refractivity contribution in [3.05, 3.63) is 20.7 Å². The quantitative estimate of drug-likeness (QED) is 0.743.